The highest BCUT2D eigenvalue weighted by molar-refractivity contribution is 9.10. The fourth-order valence-electron chi connectivity index (χ4n) is 2.38. The lowest BCUT2D eigenvalue weighted by Crippen LogP contribution is -2.11. The summed E-state index contributed by atoms with van der Waals surface area (Å²) < 4.78 is 8.02. The standard InChI is InChI=1S/C17H12BrClN6OS/c18-12-7-3-1-5-10(12)15-22-24-17(25(15)20)27-9-14-21-23-16(26-14)11-6-2-4-8-13(11)19/h1-8H,9,20H2. The number of nitrogens with zero attached hydrogens (tertiary/aromatic N) is 5. The predicted octanol–water partition coefficient (Wildman–Crippen LogP) is 4.42. The lowest BCUT2D eigenvalue weighted by Gasteiger charge is -2.04. The maximum atomic E-state index is 6.16. The molecular weight excluding hydrogens is 452 g/mol. The molecule has 2 aromatic heterocycles. The zero-order valence-electron chi connectivity index (χ0n) is 13.7. The average molecular weight is 464 g/mol. The van der Waals surface area contributed by atoms with E-state index in [1.54, 1.807) is 6.07 Å². The highest BCUT2D eigenvalue weighted by Crippen LogP contribution is 2.30. The fourth-order valence-corrected chi connectivity index (χ4v) is 3.76. The molecular formula is C17H12BrClN6OS. The third-order valence-corrected chi connectivity index (χ3v) is 5.62. The van der Waals surface area contributed by atoms with Gasteiger partial charge in [0.05, 0.1) is 16.3 Å². The van der Waals surface area contributed by atoms with Crippen LogP contribution in [0.3, 0.4) is 0 Å². The highest BCUT2D eigenvalue weighted by Gasteiger charge is 2.16. The molecule has 0 amide bonds. The van der Waals surface area contributed by atoms with Crippen LogP contribution < -0.4 is 5.84 Å². The normalized spacial score (nSPS) is 11.0. The first-order valence-electron chi connectivity index (χ1n) is 7.79. The second-order valence-corrected chi connectivity index (χ2v) is 7.63. The summed E-state index contributed by atoms with van der Waals surface area (Å²) in [5, 5.41) is 17.5. The molecule has 0 aliphatic carbocycles. The lowest BCUT2D eigenvalue weighted by atomic mass is 10.2. The maximum absolute atomic E-state index is 6.16. The Morgan fingerprint density at radius 1 is 1.00 bits per heavy atom. The first-order valence-corrected chi connectivity index (χ1v) is 9.94. The van der Waals surface area contributed by atoms with Gasteiger partial charge in [-0.25, -0.2) is 4.68 Å². The van der Waals surface area contributed by atoms with Gasteiger partial charge in [0.1, 0.15) is 0 Å². The molecule has 0 atom stereocenters. The minimum absolute atomic E-state index is 0.374. The van der Waals surface area contributed by atoms with Crippen LogP contribution in [0.1, 0.15) is 5.89 Å². The molecule has 0 fully saturated rings. The molecule has 0 radical (unpaired) electrons. The summed E-state index contributed by atoms with van der Waals surface area (Å²) in [5.74, 6) is 7.94. The van der Waals surface area contributed by atoms with Gasteiger partial charge in [0.2, 0.25) is 16.9 Å². The van der Waals surface area contributed by atoms with Crippen LogP contribution in [-0.2, 0) is 5.75 Å². The number of benzene rings is 2. The van der Waals surface area contributed by atoms with Crippen molar-refractivity contribution in [3.05, 3.63) is 63.9 Å². The van der Waals surface area contributed by atoms with Crippen molar-refractivity contribution in [2.24, 2.45) is 0 Å². The van der Waals surface area contributed by atoms with E-state index in [0.29, 0.717) is 39.1 Å². The van der Waals surface area contributed by atoms with Crippen LogP contribution >= 0.6 is 39.3 Å². The zero-order chi connectivity index (χ0) is 18.8. The van der Waals surface area contributed by atoms with Gasteiger partial charge in [-0.1, -0.05) is 63.6 Å². The second kappa shape index (κ2) is 7.71. The van der Waals surface area contributed by atoms with Gasteiger partial charge in [-0.05, 0) is 24.3 Å². The van der Waals surface area contributed by atoms with E-state index in [-0.39, 0.29) is 0 Å². The van der Waals surface area contributed by atoms with Crippen LogP contribution in [0, 0.1) is 0 Å². The molecule has 136 valence electrons. The molecule has 0 aliphatic heterocycles. The van der Waals surface area contributed by atoms with Crippen LogP contribution in [0.25, 0.3) is 22.8 Å². The van der Waals surface area contributed by atoms with E-state index in [9.17, 15) is 0 Å². The predicted molar refractivity (Wildman–Crippen MR) is 108 cm³/mol. The van der Waals surface area contributed by atoms with Gasteiger partial charge in [-0.3, -0.25) is 0 Å². The van der Waals surface area contributed by atoms with Gasteiger partial charge < -0.3 is 10.3 Å². The summed E-state index contributed by atoms with van der Waals surface area (Å²) in [7, 11) is 0. The molecule has 0 saturated heterocycles. The second-order valence-electron chi connectivity index (χ2n) is 5.43. The molecule has 27 heavy (non-hydrogen) atoms. The van der Waals surface area contributed by atoms with Crippen molar-refractivity contribution >= 4 is 39.3 Å². The number of nitrogens with two attached hydrogens (primary N) is 1. The largest absolute Gasteiger partial charge is 0.420 e. The van der Waals surface area contributed by atoms with E-state index >= 15 is 0 Å². The molecule has 2 N–H and O–H groups in total. The third-order valence-electron chi connectivity index (χ3n) is 3.68. The van der Waals surface area contributed by atoms with Crippen molar-refractivity contribution in [3.8, 4) is 22.8 Å². The lowest BCUT2D eigenvalue weighted by molar-refractivity contribution is 0.528. The Bertz CT molecular complexity index is 1100. The fraction of sp³-hybridized carbons (Fsp3) is 0.0588. The minimum atomic E-state index is 0.374. The Labute approximate surface area is 172 Å². The number of thioether (sulfide) groups is 1. The van der Waals surface area contributed by atoms with Gasteiger partial charge in [0.15, 0.2) is 5.82 Å². The SMILES string of the molecule is Nn1c(SCc2nnc(-c3ccccc3Cl)o2)nnc1-c1ccccc1Br. The van der Waals surface area contributed by atoms with Crippen molar-refractivity contribution in [1.82, 2.24) is 25.1 Å². The molecule has 0 unspecified atom stereocenters. The van der Waals surface area contributed by atoms with Crippen LogP contribution in [0.2, 0.25) is 5.02 Å². The van der Waals surface area contributed by atoms with E-state index in [1.165, 1.54) is 16.4 Å². The summed E-state index contributed by atoms with van der Waals surface area (Å²) >= 11 is 11.0. The maximum Gasteiger partial charge on any atom is 0.249 e. The summed E-state index contributed by atoms with van der Waals surface area (Å²) in [4.78, 5) is 0. The Morgan fingerprint density at radius 2 is 1.74 bits per heavy atom. The minimum Gasteiger partial charge on any atom is -0.420 e. The molecule has 0 spiro atoms. The van der Waals surface area contributed by atoms with Crippen molar-refractivity contribution in [2.75, 3.05) is 5.84 Å². The number of nitrogen functional groups attached to an aromatic ring is 1. The van der Waals surface area contributed by atoms with Crippen molar-refractivity contribution in [3.63, 3.8) is 0 Å². The van der Waals surface area contributed by atoms with Gasteiger partial charge in [0, 0.05) is 10.0 Å². The van der Waals surface area contributed by atoms with Crippen molar-refractivity contribution in [2.45, 2.75) is 10.9 Å². The molecule has 0 bridgehead atoms. The van der Waals surface area contributed by atoms with E-state index in [1.807, 2.05) is 42.5 Å². The Kier molecular flexibility index (Phi) is 5.15. The molecule has 0 aliphatic rings. The number of halogens is 2. The molecule has 0 saturated carbocycles. The molecule has 2 heterocycles. The molecule has 4 aromatic rings. The van der Waals surface area contributed by atoms with Crippen LogP contribution in [0.15, 0.2) is 62.6 Å². The van der Waals surface area contributed by atoms with Crippen LogP contribution in [-0.4, -0.2) is 25.1 Å². The molecule has 10 heteroatoms. The van der Waals surface area contributed by atoms with Crippen molar-refractivity contribution in [1.29, 1.82) is 0 Å². The van der Waals surface area contributed by atoms with Crippen LogP contribution in [0.4, 0.5) is 0 Å². The molecule has 7 nitrogen and oxygen atoms in total. The van der Waals surface area contributed by atoms with Gasteiger partial charge in [0.25, 0.3) is 0 Å². The monoisotopic (exact) mass is 462 g/mol. The summed E-state index contributed by atoms with van der Waals surface area (Å²) in [6.07, 6.45) is 0. The smallest absolute Gasteiger partial charge is 0.249 e. The van der Waals surface area contributed by atoms with Crippen LogP contribution in [0.5, 0.6) is 0 Å². The quantitative estimate of drug-likeness (QED) is 0.346. The summed E-state index contributed by atoms with van der Waals surface area (Å²) in [5.41, 5.74) is 1.55. The zero-order valence-corrected chi connectivity index (χ0v) is 16.9. The Balaban J connectivity index is 1.51. The number of hydrogen-bond acceptors (Lipinski definition) is 7. The van der Waals surface area contributed by atoms with E-state index in [4.69, 9.17) is 21.9 Å². The Hall–Kier alpha value is -2.36. The molecule has 4 rings (SSSR count). The summed E-state index contributed by atoms with van der Waals surface area (Å²) in [6.45, 7) is 0. The number of hydrogen-bond donors (Lipinski definition) is 1. The van der Waals surface area contributed by atoms with Gasteiger partial charge in [-0.2, -0.15) is 0 Å². The number of aromatic nitrogens is 5. The van der Waals surface area contributed by atoms with E-state index in [0.717, 1.165) is 10.0 Å². The van der Waals surface area contributed by atoms with Gasteiger partial charge in [-0.15, -0.1) is 20.4 Å². The van der Waals surface area contributed by atoms with E-state index in [2.05, 4.69) is 36.3 Å². The molecule has 2 aromatic carbocycles. The van der Waals surface area contributed by atoms with Crippen molar-refractivity contribution < 1.29 is 4.42 Å². The summed E-state index contributed by atoms with van der Waals surface area (Å²) in [6, 6.07) is 15.0. The first-order chi connectivity index (χ1) is 13.1. The first kappa shape index (κ1) is 18.0. The Morgan fingerprint density at radius 3 is 2.52 bits per heavy atom. The average Bonchev–Trinajstić information content (AvgIpc) is 3.28. The van der Waals surface area contributed by atoms with Gasteiger partial charge >= 0.3 is 0 Å². The van der Waals surface area contributed by atoms with E-state index < -0.39 is 0 Å². The number of rotatable bonds is 5. The highest BCUT2D eigenvalue weighted by atomic mass is 79.9. The third kappa shape index (κ3) is 3.71. The topological polar surface area (TPSA) is 95.7 Å².